The summed E-state index contributed by atoms with van der Waals surface area (Å²) < 4.78 is 13.5. The Balaban J connectivity index is 2.02. The minimum atomic E-state index is -0.894. The second-order valence-electron chi connectivity index (χ2n) is 8.69. The molecule has 0 N–H and O–H groups in total. The summed E-state index contributed by atoms with van der Waals surface area (Å²) in [6.45, 7) is 9.83. The highest BCUT2D eigenvalue weighted by Gasteiger charge is 2.33. The van der Waals surface area contributed by atoms with Crippen LogP contribution in [0.15, 0.2) is 40.3 Å². The monoisotopic (exact) mass is 578 g/mol. The first-order valence-electron chi connectivity index (χ1n) is 10.7. The minimum Gasteiger partial charge on any atom is -0.464 e. The zero-order valence-corrected chi connectivity index (χ0v) is 23.4. The van der Waals surface area contributed by atoms with Gasteiger partial charge >= 0.3 is 5.97 Å². The molecule has 0 spiro atoms. The van der Waals surface area contributed by atoms with Gasteiger partial charge in [0, 0.05) is 21.5 Å². The van der Waals surface area contributed by atoms with Crippen molar-refractivity contribution in [3.05, 3.63) is 56.5 Å². The van der Waals surface area contributed by atoms with Gasteiger partial charge in [-0.2, -0.15) is 0 Å². The van der Waals surface area contributed by atoms with Gasteiger partial charge < -0.3 is 9.47 Å². The van der Waals surface area contributed by atoms with E-state index in [1.54, 1.807) is 18.3 Å². The van der Waals surface area contributed by atoms with Gasteiger partial charge in [-0.3, -0.25) is 0 Å². The Morgan fingerprint density at radius 3 is 2.47 bits per heavy atom. The molecule has 178 valence electrons. The Morgan fingerprint density at radius 1 is 1.18 bits per heavy atom. The van der Waals surface area contributed by atoms with Crippen LogP contribution in [0.1, 0.15) is 44.9 Å². The van der Waals surface area contributed by atoms with Crippen LogP contribution in [0.5, 0.6) is 0 Å². The van der Waals surface area contributed by atoms with E-state index in [0.29, 0.717) is 5.02 Å². The van der Waals surface area contributed by atoms with Crippen molar-refractivity contribution in [2.75, 3.05) is 6.61 Å². The third-order valence-electron chi connectivity index (χ3n) is 4.95. The number of aryl methyl sites for hydroxylation is 1. The Labute approximate surface area is 220 Å². The van der Waals surface area contributed by atoms with Crippen molar-refractivity contribution >= 4 is 66.4 Å². The van der Waals surface area contributed by atoms with E-state index in [0.717, 1.165) is 47.1 Å². The van der Waals surface area contributed by atoms with Crippen LogP contribution in [0.3, 0.4) is 0 Å². The molecular weight excluding hydrogens is 556 g/mol. The molecule has 0 bridgehead atoms. The van der Waals surface area contributed by atoms with Gasteiger partial charge in [-0.25, -0.2) is 14.8 Å². The van der Waals surface area contributed by atoms with E-state index in [1.807, 2.05) is 63.4 Å². The normalized spacial score (nSPS) is 12.8. The van der Waals surface area contributed by atoms with E-state index >= 15 is 0 Å². The van der Waals surface area contributed by atoms with E-state index in [-0.39, 0.29) is 6.61 Å². The lowest BCUT2D eigenvalue weighted by Crippen LogP contribution is -2.29. The molecule has 0 aliphatic rings. The Kier molecular flexibility index (Phi) is 7.45. The first kappa shape index (κ1) is 25.3. The maximum absolute atomic E-state index is 13.2. The molecule has 2 heterocycles. The Bertz CT molecular complexity index is 1340. The molecule has 5 nitrogen and oxygen atoms in total. The van der Waals surface area contributed by atoms with Gasteiger partial charge in [-0.1, -0.05) is 23.7 Å². The first-order chi connectivity index (χ1) is 16.1. The number of carbonyl (C=O) groups excluding carboxylic acids is 1. The Hall–Kier alpha value is -1.84. The number of carbonyl (C=O) groups is 1. The van der Waals surface area contributed by atoms with Crippen LogP contribution < -0.4 is 0 Å². The van der Waals surface area contributed by atoms with Crippen molar-refractivity contribution < 1.29 is 14.3 Å². The molecule has 9 heteroatoms. The molecule has 4 rings (SSSR count). The second-order valence-corrected chi connectivity index (χ2v) is 11.8. The van der Waals surface area contributed by atoms with E-state index < -0.39 is 17.7 Å². The van der Waals surface area contributed by atoms with Crippen LogP contribution in [-0.2, 0) is 14.3 Å². The molecule has 0 aliphatic heterocycles. The van der Waals surface area contributed by atoms with Crippen LogP contribution in [0.25, 0.3) is 31.4 Å². The average molecular weight is 580 g/mol. The molecule has 4 aromatic rings. The van der Waals surface area contributed by atoms with E-state index in [4.69, 9.17) is 26.1 Å². The molecule has 1 atom stereocenters. The third-order valence-corrected chi connectivity index (χ3v) is 7.99. The van der Waals surface area contributed by atoms with Crippen LogP contribution >= 0.6 is 50.2 Å². The molecule has 0 fully saturated rings. The molecule has 0 amide bonds. The summed E-state index contributed by atoms with van der Waals surface area (Å²) in [7, 11) is 0. The second kappa shape index (κ2) is 10.0. The SMILES string of the molecule is CCOC(=O)C(OC(C)(C)C)c1c(C)cc2nc(-c3nc(Br)cs3)sc2c1-c1ccc(Cl)cc1. The molecule has 2 aromatic carbocycles. The van der Waals surface area contributed by atoms with Crippen molar-refractivity contribution in [2.45, 2.75) is 46.3 Å². The fourth-order valence-corrected chi connectivity index (χ4v) is 6.23. The average Bonchev–Trinajstić information content (AvgIpc) is 3.37. The molecule has 0 saturated heterocycles. The van der Waals surface area contributed by atoms with Gasteiger partial charge in [0.1, 0.15) is 4.60 Å². The highest BCUT2D eigenvalue weighted by atomic mass is 79.9. The number of fused-ring (bicyclic) bond motifs is 1. The maximum Gasteiger partial charge on any atom is 0.339 e. The number of rotatable bonds is 6. The number of hydrogen-bond donors (Lipinski definition) is 0. The van der Waals surface area contributed by atoms with Crippen molar-refractivity contribution in [3.8, 4) is 21.1 Å². The molecule has 34 heavy (non-hydrogen) atoms. The van der Waals surface area contributed by atoms with Crippen LogP contribution in [0.4, 0.5) is 0 Å². The molecule has 0 saturated carbocycles. The van der Waals surface area contributed by atoms with Crippen LogP contribution in [0.2, 0.25) is 5.02 Å². The quantitative estimate of drug-likeness (QED) is 0.215. The fraction of sp³-hybridized carbons (Fsp3) is 0.320. The van der Waals surface area contributed by atoms with Crippen molar-refractivity contribution in [2.24, 2.45) is 0 Å². The molecule has 0 aliphatic carbocycles. The van der Waals surface area contributed by atoms with Crippen LogP contribution in [0, 0.1) is 6.92 Å². The van der Waals surface area contributed by atoms with Gasteiger partial charge in [-0.15, -0.1) is 22.7 Å². The number of hydrogen-bond acceptors (Lipinski definition) is 7. The zero-order chi connectivity index (χ0) is 24.6. The smallest absolute Gasteiger partial charge is 0.339 e. The fourth-order valence-electron chi connectivity index (χ4n) is 3.69. The molecule has 1 unspecified atom stereocenters. The number of thiazole rings is 2. The van der Waals surface area contributed by atoms with E-state index in [2.05, 4.69) is 20.9 Å². The van der Waals surface area contributed by atoms with E-state index in [9.17, 15) is 4.79 Å². The van der Waals surface area contributed by atoms with Gasteiger partial charge in [0.05, 0.1) is 22.4 Å². The topological polar surface area (TPSA) is 61.3 Å². The number of esters is 1. The lowest BCUT2D eigenvalue weighted by molar-refractivity contribution is -0.166. The molecule has 0 radical (unpaired) electrons. The predicted molar refractivity (Wildman–Crippen MR) is 144 cm³/mol. The van der Waals surface area contributed by atoms with Gasteiger partial charge in [0.15, 0.2) is 16.1 Å². The lowest BCUT2D eigenvalue weighted by atomic mass is 9.91. The zero-order valence-electron chi connectivity index (χ0n) is 19.4. The summed E-state index contributed by atoms with van der Waals surface area (Å²) in [5, 5.41) is 4.23. The highest BCUT2D eigenvalue weighted by Crippen LogP contribution is 2.45. The minimum absolute atomic E-state index is 0.268. The largest absolute Gasteiger partial charge is 0.464 e. The first-order valence-corrected chi connectivity index (χ1v) is 13.6. The van der Waals surface area contributed by atoms with Gasteiger partial charge in [0.25, 0.3) is 0 Å². The van der Waals surface area contributed by atoms with Gasteiger partial charge in [-0.05, 0) is 79.9 Å². The van der Waals surface area contributed by atoms with Crippen molar-refractivity contribution in [1.82, 2.24) is 9.97 Å². The molecule has 2 aromatic heterocycles. The van der Waals surface area contributed by atoms with E-state index in [1.165, 1.54) is 11.3 Å². The van der Waals surface area contributed by atoms with Crippen molar-refractivity contribution in [3.63, 3.8) is 0 Å². The number of ether oxygens (including phenoxy) is 2. The Morgan fingerprint density at radius 2 is 1.88 bits per heavy atom. The summed E-state index contributed by atoms with van der Waals surface area (Å²) in [5.74, 6) is -0.413. The predicted octanol–water partition coefficient (Wildman–Crippen LogP) is 8.23. The highest BCUT2D eigenvalue weighted by molar-refractivity contribution is 9.10. The maximum atomic E-state index is 13.2. The summed E-state index contributed by atoms with van der Waals surface area (Å²) in [6.07, 6.45) is -0.894. The van der Waals surface area contributed by atoms with Crippen LogP contribution in [-0.4, -0.2) is 28.1 Å². The lowest BCUT2D eigenvalue weighted by Gasteiger charge is -2.29. The standard InChI is InChI=1S/C25H24BrClN2O3S2/c1-6-31-24(30)20(32-25(3,4)5)18-13(2)11-16-21(19(18)14-7-9-15(27)10-8-14)34-23(28-16)22-29-17(26)12-33-22/h7-12,20H,6H2,1-5H3. The summed E-state index contributed by atoms with van der Waals surface area (Å²) >= 11 is 12.7. The summed E-state index contributed by atoms with van der Waals surface area (Å²) in [6, 6.07) is 9.61. The van der Waals surface area contributed by atoms with Crippen molar-refractivity contribution in [1.29, 1.82) is 0 Å². The number of nitrogens with zero attached hydrogens (tertiary/aromatic N) is 2. The number of halogens is 2. The number of benzene rings is 2. The molecular formula is C25H24BrClN2O3S2. The summed E-state index contributed by atoms with van der Waals surface area (Å²) in [5.41, 5.74) is 3.78. The third kappa shape index (κ3) is 5.36. The summed E-state index contributed by atoms with van der Waals surface area (Å²) in [4.78, 5) is 22.6. The van der Waals surface area contributed by atoms with Gasteiger partial charge in [0.2, 0.25) is 0 Å². The number of aromatic nitrogens is 2.